The maximum atomic E-state index is 10.2. The first-order valence-corrected chi connectivity index (χ1v) is 23.9. The van der Waals surface area contributed by atoms with E-state index in [1.165, 1.54) is 161 Å². The molecule has 3 saturated carbocycles. The van der Waals surface area contributed by atoms with Crippen LogP contribution in [0.4, 0.5) is 4.79 Å². The van der Waals surface area contributed by atoms with Gasteiger partial charge in [0, 0.05) is 0 Å². The van der Waals surface area contributed by atoms with Crippen LogP contribution in [0.5, 0.6) is 0 Å². The molecule has 54 heavy (non-hydrogen) atoms. The SMILES string of the molecule is CC(C)CCC[C@@H](C)[C@H]1CC[C@H]2[C@@H]3CC=C4C[C@@H](O)CC[C@]4(C)[C@H]3CC[C@]12C.CCCCCCCC/C=C\CCCCCCCCCCCCOC(=O)O. The van der Waals surface area contributed by atoms with Crippen LogP contribution in [-0.4, -0.2) is 29.1 Å². The molecule has 0 bridgehead atoms. The largest absolute Gasteiger partial charge is 0.505 e. The van der Waals surface area contributed by atoms with Gasteiger partial charge in [0.15, 0.2) is 0 Å². The molecular weight excluding hydrogens is 665 g/mol. The van der Waals surface area contributed by atoms with Gasteiger partial charge in [-0.2, -0.15) is 0 Å². The zero-order valence-corrected chi connectivity index (χ0v) is 36.7. The van der Waals surface area contributed by atoms with Gasteiger partial charge in [-0.25, -0.2) is 4.79 Å². The van der Waals surface area contributed by atoms with E-state index >= 15 is 0 Å². The molecule has 0 unspecified atom stereocenters. The van der Waals surface area contributed by atoms with Crippen molar-refractivity contribution in [1.82, 2.24) is 0 Å². The van der Waals surface area contributed by atoms with E-state index < -0.39 is 6.16 Å². The number of rotatable bonds is 25. The highest BCUT2D eigenvalue weighted by Crippen LogP contribution is 2.67. The van der Waals surface area contributed by atoms with Crippen LogP contribution in [0.1, 0.15) is 228 Å². The molecule has 0 aliphatic heterocycles. The molecule has 0 aromatic heterocycles. The fourth-order valence-corrected chi connectivity index (χ4v) is 11.9. The first kappa shape index (κ1) is 47.1. The van der Waals surface area contributed by atoms with Crippen molar-refractivity contribution in [2.45, 2.75) is 234 Å². The van der Waals surface area contributed by atoms with Gasteiger partial charge < -0.3 is 14.9 Å². The molecule has 0 aromatic rings. The summed E-state index contributed by atoms with van der Waals surface area (Å²) in [7, 11) is 0. The second-order valence-electron chi connectivity index (χ2n) is 19.7. The molecule has 0 saturated heterocycles. The average Bonchev–Trinajstić information content (AvgIpc) is 3.50. The van der Waals surface area contributed by atoms with Crippen LogP contribution in [0.15, 0.2) is 23.8 Å². The van der Waals surface area contributed by atoms with Gasteiger partial charge in [0.1, 0.15) is 0 Å². The zero-order valence-electron chi connectivity index (χ0n) is 36.7. The summed E-state index contributed by atoms with van der Waals surface area (Å²) >= 11 is 0. The quantitative estimate of drug-likeness (QED) is 0.0553. The molecule has 0 amide bonds. The fourth-order valence-electron chi connectivity index (χ4n) is 11.9. The Kier molecular flexibility index (Phi) is 22.5. The molecule has 4 aliphatic rings. The summed E-state index contributed by atoms with van der Waals surface area (Å²) in [5.74, 6) is 5.46. The Morgan fingerprint density at radius 1 is 0.759 bits per heavy atom. The van der Waals surface area contributed by atoms with Crippen molar-refractivity contribution < 1.29 is 19.7 Å². The van der Waals surface area contributed by atoms with Gasteiger partial charge in [-0.1, -0.05) is 168 Å². The number of aliphatic hydroxyl groups is 1. The predicted octanol–water partition coefficient (Wildman–Crippen LogP) is 15.7. The van der Waals surface area contributed by atoms with Gasteiger partial charge in [0.25, 0.3) is 0 Å². The molecule has 0 radical (unpaired) electrons. The van der Waals surface area contributed by atoms with Crippen molar-refractivity contribution in [2.75, 3.05) is 6.61 Å². The lowest BCUT2D eigenvalue weighted by atomic mass is 9.47. The van der Waals surface area contributed by atoms with Crippen LogP contribution in [0.2, 0.25) is 0 Å². The summed E-state index contributed by atoms with van der Waals surface area (Å²) in [5.41, 5.74) is 2.60. The van der Waals surface area contributed by atoms with Crippen LogP contribution in [0.25, 0.3) is 0 Å². The number of aliphatic hydroxyl groups excluding tert-OH is 1. The third-order valence-electron chi connectivity index (χ3n) is 15.2. The highest BCUT2D eigenvalue weighted by atomic mass is 16.7. The maximum absolute atomic E-state index is 10.2. The normalized spacial score (nSPS) is 29.6. The molecule has 8 atom stereocenters. The minimum atomic E-state index is -1.15. The minimum Gasteiger partial charge on any atom is -0.450 e. The summed E-state index contributed by atoms with van der Waals surface area (Å²) in [5, 5.41) is 18.6. The smallest absolute Gasteiger partial charge is 0.450 e. The Hall–Kier alpha value is -1.29. The van der Waals surface area contributed by atoms with Crippen molar-refractivity contribution >= 4 is 6.16 Å². The number of fused-ring (bicyclic) bond motifs is 5. The lowest BCUT2D eigenvalue weighted by Gasteiger charge is -2.58. The van der Waals surface area contributed by atoms with E-state index in [9.17, 15) is 9.90 Å². The van der Waals surface area contributed by atoms with Gasteiger partial charge in [-0.3, -0.25) is 0 Å². The summed E-state index contributed by atoms with van der Waals surface area (Å²) in [6.07, 6.45) is 44.2. The number of allylic oxidation sites excluding steroid dienone is 3. The van der Waals surface area contributed by atoms with Crippen LogP contribution >= 0.6 is 0 Å². The molecule has 314 valence electrons. The molecule has 0 aromatic carbocycles. The van der Waals surface area contributed by atoms with Crippen molar-refractivity contribution in [3.05, 3.63) is 23.8 Å². The second kappa shape index (κ2) is 25.9. The number of unbranched alkanes of at least 4 members (excludes halogenated alkanes) is 16. The van der Waals surface area contributed by atoms with Gasteiger partial charge in [-0.05, 0) is 130 Å². The van der Waals surface area contributed by atoms with E-state index in [0.717, 1.165) is 61.2 Å². The van der Waals surface area contributed by atoms with Crippen LogP contribution in [0, 0.1) is 46.3 Å². The first-order valence-electron chi connectivity index (χ1n) is 23.9. The van der Waals surface area contributed by atoms with Crippen molar-refractivity contribution in [2.24, 2.45) is 46.3 Å². The number of carbonyl (C=O) groups is 1. The minimum absolute atomic E-state index is 0.0766. The van der Waals surface area contributed by atoms with E-state index in [-0.39, 0.29) is 6.10 Å². The molecule has 4 rings (SSSR count). The van der Waals surface area contributed by atoms with E-state index in [2.05, 4.69) is 64.5 Å². The number of ether oxygens (including phenoxy) is 1. The first-order chi connectivity index (χ1) is 26.0. The molecule has 0 spiro atoms. The Morgan fingerprint density at radius 2 is 1.35 bits per heavy atom. The zero-order chi connectivity index (χ0) is 39.2. The molecule has 0 heterocycles. The summed E-state index contributed by atoms with van der Waals surface area (Å²) in [4.78, 5) is 10.2. The average molecular weight is 755 g/mol. The van der Waals surface area contributed by atoms with Crippen molar-refractivity contribution in [3.8, 4) is 0 Å². The maximum Gasteiger partial charge on any atom is 0.505 e. The lowest BCUT2D eigenvalue weighted by molar-refractivity contribution is -0.0573. The molecule has 4 heteroatoms. The summed E-state index contributed by atoms with van der Waals surface area (Å²) < 4.78 is 4.49. The predicted molar refractivity (Wildman–Crippen MR) is 231 cm³/mol. The highest BCUT2D eigenvalue weighted by Gasteiger charge is 2.59. The number of carboxylic acid groups (broad SMARTS) is 1. The number of hydrogen-bond donors (Lipinski definition) is 2. The van der Waals surface area contributed by atoms with Crippen LogP contribution in [-0.2, 0) is 4.74 Å². The van der Waals surface area contributed by atoms with Gasteiger partial charge in [0.2, 0.25) is 0 Å². The standard InChI is InChI=1S/C27H46O.C23H44O3/c1-18(2)7-6-8-19(3)23-11-12-24-22-10-9-20-17-21(28)13-15-26(20,4)25(22)14-16-27(23,24)5;1-2-3-4-5-6-7-8-9-10-11-12-13-14-15-16-17-18-19-20-21-22-26-23(24)25/h9,18-19,21-25,28H,6-8,10-17H2,1-5H3;9-10H,2-8,11-22H2,1H3,(H,24,25)/b;10-9-/t19-,21+,22+,23-,24+,25+,26+,27-;/m1./s1. The molecule has 4 nitrogen and oxygen atoms in total. The Morgan fingerprint density at radius 3 is 1.94 bits per heavy atom. The Labute approximate surface area is 335 Å². The Bertz CT molecular complexity index is 1060. The summed E-state index contributed by atoms with van der Waals surface area (Å²) in [6.45, 7) is 15.2. The molecule has 3 fully saturated rings. The third kappa shape index (κ3) is 15.6. The molecule has 2 N–H and O–H groups in total. The van der Waals surface area contributed by atoms with Crippen molar-refractivity contribution in [3.63, 3.8) is 0 Å². The second-order valence-corrected chi connectivity index (χ2v) is 19.7. The summed E-state index contributed by atoms with van der Waals surface area (Å²) in [6, 6.07) is 0. The van der Waals surface area contributed by atoms with E-state index in [1.807, 2.05) is 0 Å². The van der Waals surface area contributed by atoms with Crippen LogP contribution < -0.4 is 0 Å². The lowest BCUT2D eigenvalue weighted by Crippen LogP contribution is -2.50. The van der Waals surface area contributed by atoms with E-state index in [4.69, 9.17) is 5.11 Å². The number of hydrogen-bond acceptors (Lipinski definition) is 3. The highest BCUT2D eigenvalue weighted by molar-refractivity contribution is 5.56. The Balaban J connectivity index is 0.000000292. The van der Waals surface area contributed by atoms with Gasteiger partial charge in [0.05, 0.1) is 12.7 Å². The van der Waals surface area contributed by atoms with E-state index in [1.54, 1.807) is 5.57 Å². The molecule has 4 aliphatic carbocycles. The fraction of sp³-hybridized carbons (Fsp3) is 0.900. The third-order valence-corrected chi connectivity index (χ3v) is 15.2. The van der Waals surface area contributed by atoms with Crippen molar-refractivity contribution in [1.29, 1.82) is 0 Å². The molecular formula is C50H90O4. The van der Waals surface area contributed by atoms with Gasteiger partial charge >= 0.3 is 6.16 Å². The van der Waals surface area contributed by atoms with Gasteiger partial charge in [-0.15, -0.1) is 0 Å². The van der Waals surface area contributed by atoms with E-state index in [0.29, 0.717) is 17.4 Å². The topological polar surface area (TPSA) is 66.8 Å². The monoisotopic (exact) mass is 755 g/mol. The van der Waals surface area contributed by atoms with Crippen LogP contribution in [0.3, 0.4) is 0 Å².